The Hall–Kier alpha value is -0.930. The number of carbonyl (C=O) groups is 2. The van der Waals surface area contributed by atoms with Crippen LogP contribution in [0.15, 0.2) is 5.38 Å². The third kappa shape index (κ3) is 7.54. The van der Waals surface area contributed by atoms with Crippen LogP contribution in [0, 0.1) is 6.92 Å². The van der Waals surface area contributed by atoms with E-state index in [0.29, 0.717) is 16.7 Å². The molecule has 0 radical (unpaired) electrons. The van der Waals surface area contributed by atoms with Crippen molar-refractivity contribution >= 4 is 36.2 Å². The summed E-state index contributed by atoms with van der Waals surface area (Å²) < 4.78 is 4.86. The number of hydrogen-bond acceptors (Lipinski definition) is 4. The van der Waals surface area contributed by atoms with Crippen molar-refractivity contribution in [1.82, 2.24) is 0 Å². The molecule has 4 nitrogen and oxygen atoms in total. The third-order valence-electron chi connectivity index (χ3n) is 5.33. The van der Waals surface area contributed by atoms with Gasteiger partial charge >= 0.3 is 170 Å². The summed E-state index contributed by atoms with van der Waals surface area (Å²) in [4.78, 5) is 25.5. The van der Waals surface area contributed by atoms with Crippen LogP contribution in [0.4, 0.5) is 5.69 Å². The summed E-state index contributed by atoms with van der Waals surface area (Å²) in [5.41, 5.74) is 1.57. The van der Waals surface area contributed by atoms with Crippen LogP contribution in [0.3, 0.4) is 0 Å². The molecular formula is C21H38NO3PS. The number of esters is 1. The van der Waals surface area contributed by atoms with E-state index in [1.807, 2.05) is 12.3 Å². The number of amides is 1. The number of nitrogens with one attached hydrogen (secondary N) is 1. The van der Waals surface area contributed by atoms with Gasteiger partial charge in [-0.1, -0.05) is 0 Å². The van der Waals surface area contributed by atoms with E-state index in [2.05, 4.69) is 26.1 Å². The zero-order valence-corrected chi connectivity index (χ0v) is 19.6. The Labute approximate surface area is 169 Å². The molecule has 27 heavy (non-hydrogen) atoms. The van der Waals surface area contributed by atoms with E-state index in [4.69, 9.17) is 4.74 Å². The Morgan fingerprint density at radius 3 is 2.00 bits per heavy atom. The minimum absolute atomic E-state index is 0.0802. The topological polar surface area (TPSA) is 55.4 Å². The van der Waals surface area contributed by atoms with Crippen molar-refractivity contribution in [2.24, 2.45) is 0 Å². The van der Waals surface area contributed by atoms with E-state index in [-0.39, 0.29) is 11.9 Å². The van der Waals surface area contributed by atoms with Gasteiger partial charge in [-0.2, -0.15) is 0 Å². The summed E-state index contributed by atoms with van der Waals surface area (Å²) in [6, 6.07) is 0. The van der Waals surface area contributed by atoms with Crippen molar-refractivity contribution in [3.63, 3.8) is 0 Å². The Bertz CT molecular complexity index is 578. The molecule has 1 amide bonds. The van der Waals surface area contributed by atoms with Crippen molar-refractivity contribution in [2.75, 3.05) is 37.1 Å². The molecule has 0 saturated carbocycles. The molecule has 0 aromatic carbocycles. The molecule has 0 aliphatic heterocycles. The molecule has 0 fully saturated rings. The average Bonchev–Trinajstić information content (AvgIpc) is 3.02. The molecule has 156 valence electrons. The maximum absolute atomic E-state index is 13.0. The minimum atomic E-state index is -1.65. The molecule has 0 bridgehead atoms. The first kappa shape index (κ1) is 24.1. The Kier molecular flexibility index (Phi) is 11.2. The first-order chi connectivity index (χ1) is 12.9. The average molecular weight is 416 g/mol. The second kappa shape index (κ2) is 12.5. The molecular weight excluding hydrogens is 377 g/mol. The molecule has 1 aromatic heterocycles. The van der Waals surface area contributed by atoms with Crippen molar-refractivity contribution in [3.05, 3.63) is 15.8 Å². The van der Waals surface area contributed by atoms with E-state index < -0.39 is 7.26 Å². The summed E-state index contributed by atoms with van der Waals surface area (Å²) >= 11 is 1.33. The number of unbranched alkanes of at least 4 members (excludes halogenated alkanes) is 3. The van der Waals surface area contributed by atoms with Crippen LogP contribution in [0.25, 0.3) is 0 Å². The molecule has 0 unspecified atom stereocenters. The molecule has 0 spiro atoms. The zero-order chi connectivity index (χ0) is 20.3. The van der Waals surface area contributed by atoms with Gasteiger partial charge in [0.2, 0.25) is 0 Å². The van der Waals surface area contributed by atoms with Gasteiger partial charge in [0.25, 0.3) is 0 Å². The van der Waals surface area contributed by atoms with Crippen LogP contribution in [-0.2, 0) is 9.53 Å². The quantitative estimate of drug-likeness (QED) is 0.321. The monoisotopic (exact) mass is 415 g/mol. The standard InChI is InChI=1S/C21H38NO3PS/c1-6-9-12-26(13-10-7-2,14-11-8-3)15-18(23)22-19-17(4)16-27-20(19)21(24)25-5/h16,26H,6-15H2,1-5H3,(H,22,23). The van der Waals surface area contributed by atoms with Gasteiger partial charge in [-0.15, -0.1) is 0 Å². The van der Waals surface area contributed by atoms with Gasteiger partial charge in [-0.25, -0.2) is 0 Å². The summed E-state index contributed by atoms with van der Waals surface area (Å²) in [5.74, 6) is -0.300. The number of thiophene rings is 1. The Morgan fingerprint density at radius 2 is 1.56 bits per heavy atom. The number of carbonyl (C=O) groups excluding carboxylic acids is 2. The summed E-state index contributed by atoms with van der Waals surface area (Å²) in [7, 11) is -0.274. The van der Waals surface area contributed by atoms with E-state index >= 15 is 0 Å². The molecule has 6 heteroatoms. The van der Waals surface area contributed by atoms with Gasteiger partial charge in [0.1, 0.15) is 0 Å². The van der Waals surface area contributed by atoms with Crippen LogP contribution in [0.2, 0.25) is 0 Å². The SMILES string of the molecule is CCCC[PH](CCCC)(CCCC)CC(=O)Nc1c(C)csc1C(=O)OC. The molecule has 1 heterocycles. The fourth-order valence-corrected chi connectivity index (χ4v) is 9.94. The molecule has 0 aliphatic carbocycles. The normalized spacial score (nSPS) is 12.0. The Morgan fingerprint density at radius 1 is 1.04 bits per heavy atom. The fourth-order valence-electron chi connectivity index (χ4n) is 3.66. The van der Waals surface area contributed by atoms with Crippen LogP contribution < -0.4 is 5.32 Å². The number of ether oxygens (including phenoxy) is 1. The predicted octanol–water partition coefficient (Wildman–Crippen LogP) is 5.93. The number of anilines is 1. The van der Waals surface area contributed by atoms with Gasteiger partial charge < -0.3 is 0 Å². The molecule has 1 rings (SSSR count). The van der Waals surface area contributed by atoms with Crippen LogP contribution >= 0.6 is 18.6 Å². The van der Waals surface area contributed by atoms with Crippen molar-refractivity contribution in [2.45, 2.75) is 66.2 Å². The van der Waals surface area contributed by atoms with Crippen LogP contribution in [-0.4, -0.2) is 43.6 Å². The van der Waals surface area contributed by atoms with Gasteiger partial charge in [0.15, 0.2) is 0 Å². The van der Waals surface area contributed by atoms with Gasteiger partial charge in [-0.3, -0.25) is 0 Å². The Balaban J connectivity index is 2.97. The second-order valence-corrected chi connectivity index (χ2v) is 13.4. The van der Waals surface area contributed by atoms with Gasteiger partial charge in [-0.05, 0) is 0 Å². The predicted molar refractivity (Wildman–Crippen MR) is 122 cm³/mol. The van der Waals surface area contributed by atoms with Gasteiger partial charge in [0, 0.05) is 0 Å². The van der Waals surface area contributed by atoms with Gasteiger partial charge in [0.05, 0.1) is 0 Å². The van der Waals surface area contributed by atoms with E-state index in [1.165, 1.54) is 75.5 Å². The summed E-state index contributed by atoms with van der Waals surface area (Å²) in [5, 5.41) is 4.96. The third-order valence-corrected chi connectivity index (χ3v) is 11.7. The number of hydrogen-bond donors (Lipinski definition) is 1. The van der Waals surface area contributed by atoms with Crippen LogP contribution in [0.1, 0.15) is 74.5 Å². The van der Waals surface area contributed by atoms with E-state index in [0.717, 1.165) is 5.56 Å². The summed E-state index contributed by atoms with van der Waals surface area (Å²) in [6.45, 7) is 8.62. The number of rotatable bonds is 13. The summed E-state index contributed by atoms with van der Waals surface area (Å²) in [6.07, 6.45) is 11.6. The molecule has 1 N–H and O–H groups in total. The first-order valence-corrected chi connectivity index (χ1v) is 14.1. The van der Waals surface area contributed by atoms with Crippen molar-refractivity contribution in [3.8, 4) is 0 Å². The molecule has 0 aliphatic rings. The van der Waals surface area contributed by atoms with Crippen LogP contribution in [0.5, 0.6) is 0 Å². The zero-order valence-electron chi connectivity index (χ0n) is 17.8. The molecule has 1 aromatic rings. The van der Waals surface area contributed by atoms with E-state index in [9.17, 15) is 9.59 Å². The fraction of sp³-hybridized carbons (Fsp3) is 0.714. The molecule has 0 saturated heterocycles. The number of methoxy groups -OCH3 is 1. The van der Waals surface area contributed by atoms with E-state index in [1.54, 1.807) is 0 Å². The second-order valence-electron chi connectivity index (χ2n) is 7.65. The van der Waals surface area contributed by atoms with Crippen molar-refractivity contribution < 1.29 is 14.3 Å². The number of aryl methyl sites for hydroxylation is 1. The molecule has 0 atom stereocenters. The van der Waals surface area contributed by atoms with Crippen molar-refractivity contribution in [1.29, 1.82) is 0 Å². The maximum atomic E-state index is 13.0. The first-order valence-electron chi connectivity index (χ1n) is 10.4.